The molecule has 1 heterocycles. The van der Waals surface area contributed by atoms with E-state index in [0.29, 0.717) is 0 Å². The van der Waals surface area contributed by atoms with Crippen molar-refractivity contribution < 1.29 is 9.94 Å². The topological polar surface area (TPSA) is 32.7 Å². The highest BCUT2D eigenvalue weighted by Crippen LogP contribution is 2.45. The van der Waals surface area contributed by atoms with Crippen LogP contribution in [0.15, 0.2) is 30.8 Å². The van der Waals surface area contributed by atoms with Crippen molar-refractivity contribution >= 4 is 5.57 Å². The fraction of sp³-hybridized carbons (Fsp3) is 0.600. The summed E-state index contributed by atoms with van der Waals surface area (Å²) >= 11 is 0. The summed E-state index contributed by atoms with van der Waals surface area (Å²) in [5.74, 6) is 1.25. The van der Waals surface area contributed by atoms with E-state index >= 15 is 0 Å². The smallest absolute Gasteiger partial charge is 0.119 e. The van der Waals surface area contributed by atoms with Crippen molar-refractivity contribution in [1.82, 2.24) is 5.06 Å². The first-order chi connectivity index (χ1) is 10.5. The van der Waals surface area contributed by atoms with Gasteiger partial charge in [-0.2, -0.15) is 5.06 Å². The number of piperidine rings is 1. The second-order valence-electron chi connectivity index (χ2n) is 8.08. The van der Waals surface area contributed by atoms with Crippen molar-refractivity contribution in [3.05, 3.63) is 36.4 Å². The van der Waals surface area contributed by atoms with Crippen LogP contribution < -0.4 is 4.74 Å². The molecule has 1 aromatic carbocycles. The molecule has 3 nitrogen and oxygen atoms in total. The predicted octanol–water partition coefficient (Wildman–Crippen LogP) is 5.00. The number of rotatable bonds is 3. The standard InChI is InChI=1S/C20H31NO2/c1-13(2)16-9-11-17(12-10-16)23-18-14(3)19(5,6)21(22)20(7,8)15(18)4/h9-12,14-15,18,22H,1H2,2-8H3. The zero-order valence-electron chi connectivity index (χ0n) is 15.6. The third-order valence-electron chi connectivity index (χ3n) is 5.93. The van der Waals surface area contributed by atoms with Crippen LogP contribution in [0.1, 0.15) is 54.0 Å². The second kappa shape index (κ2) is 5.95. The highest BCUT2D eigenvalue weighted by atomic mass is 16.5. The number of ether oxygens (including phenoxy) is 1. The number of allylic oxidation sites excluding steroid dienone is 1. The van der Waals surface area contributed by atoms with Gasteiger partial charge in [0.1, 0.15) is 11.9 Å². The normalized spacial score (nSPS) is 30.0. The molecule has 1 N–H and O–H groups in total. The third-order valence-corrected chi connectivity index (χ3v) is 5.93. The van der Waals surface area contributed by atoms with Crippen molar-refractivity contribution in [2.75, 3.05) is 0 Å². The fourth-order valence-electron chi connectivity index (χ4n) is 3.54. The Morgan fingerprint density at radius 3 is 1.87 bits per heavy atom. The molecule has 1 fully saturated rings. The van der Waals surface area contributed by atoms with Gasteiger partial charge in [0.2, 0.25) is 0 Å². The van der Waals surface area contributed by atoms with Gasteiger partial charge < -0.3 is 9.94 Å². The van der Waals surface area contributed by atoms with Gasteiger partial charge in [0.25, 0.3) is 0 Å². The average Bonchev–Trinajstić information content (AvgIpc) is 2.49. The molecule has 0 radical (unpaired) electrons. The summed E-state index contributed by atoms with van der Waals surface area (Å²) in [6, 6.07) is 8.11. The number of benzene rings is 1. The Kier molecular flexibility index (Phi) is 4.67. The summed E-state index contributed by atoms with van der Waals surface area (Å²) in [4.78, 5) is 0. The maximum absolute atomic E-state index is 10.7. The number of hydroxylamine groups is 2. The van der Waals surface area contributed by atoms with Gasteiger partial charge in [0.05, 0.1) is 0 Å². The fourth-order valence-corrected chi connectivity index (χ4v) is 3.54. The lowest BCUT2D eigenvalue weighted by molar-refractivity contribution is -0.291. The predicted molar refractivity (Wildman–Crippen MR) is 95.7 cm³/mol. The van der Waals surface area contributed by atoms with Gasteiger partial charge in [0, 0.05) is 22.9 Å². The highest BCUT2D eigenvalue weighted by Gasteiger charge is 2.55. The molecule has 2 rings (SSSR count). The SMILES string of the molecule is C=C(C)c1ccc(OC2C(C)C(C)(C)N(O)C(C)(C)C2C)cc1. The van der Waals surface area contributed by atoms with Crippen molar-refractivity contribution in [2.45, 2.75) is 65.6 Å². The van der Waals surface area contributed by atoms with Crippen LogP contribution in [0, 0.1) is 11.8 Å². The largest absolute Gasteiger partial charge is 0.490 e. The van der Waals surface area contributed by atoms with Crippen LogP contribution >= 0.6 is 0 Å². The first-order valence-corrected chi connectivity index (χ1v) is 8.41. The molecule has 0 saturated carbocycles. The van der Waals surface area contributed by atoms with Gasteiger partial charge in [-0.1, -0.05) is 38.1 Å². The molecule has 1 saturated heterocycles. The molecule has 0 aromatic heterocycles. The van der Waals surface area contributed by atoms with Crippen LogP contribution in [0.4, 0.5) is 0 Å². The van der Waals surface area contributed by atoms with Crippen LogP contribution in [0.2, 0.25) is 0 Å². The molecule has 2 unspecified atom stereocenters. The maximum atomic E-state index is 10.7. The molecule has 23 heavy (non-hydrogen) atoms. The molecule has 1 aromatic rings. The number of nitrogens with zero attached hydrogens (tertiary/aromatic N) is 1. The molecule has 0 aliphatic carbocycles. The van der Waals surface area contributed by atoms with Crippen molar-refractivity contribution in [1.29, 1.82) is 0 Å². The molecular weight excluding hydrogens is 286 g/mol. The number of hydrogen-bond acceptors (Lipinski definition) is 3. The molecular formula is C20H31NO2. The lowest BCUT2D eigenvalue weighted by Crippen LogP contribution is -2.69. The molecule has 3 heteroatoms. The highest BCUT2D eigenvalue weighted by molar-refractivity contribution is 5.61. The molecule has 1 aliphatic rings. The Labute approximate surface area is 140 Å². The number of hydrogen-bond donors (Lipinski definition) is 1. The van der Waals surface area contributed by atoms with E-state index in [1.807, 2.05) is 31.2 Å². The van der Waals surface area contributed by atoms with Crippen LogP contribution in [0.5, 0.6) is 5.75 Å². The lowest BCUT2D eigenvalue weighted by Gasteiger charge is -2.58. The minimum Gasteiger partial charge on any atom is -0.490 e. The summed E-state index contributed by atoms with van der Waals surface area (Å²) in [5, 5.41) is 12.2. The quantitative estimate of drug-likeness (QED) is 0.851. The molecule has 0 bridgehead atoms. The zero-order chi connectivity index (χ0) is 17.6. The molecule has 0 amide bonds. The summed E-state index contributed by atoms with van der Waals surface area (Å²) in [7, 11) is 0. The van der Waals surface area contributed by atoms with E-state index in [1.165, 1.54) is 5.06 Å². The Hall–Kier alpha value is -1.32. The molecule has 128 valence electrons. The van der Waals surface area contributed by atoms with Crippen molar-refractivity contribution in [3.8, 4) is 5.75 Å². The molecule has 0 spiro atoms. The van der Waals surface area contributed by atoms with E-state index in [2.05, 4.69) is 48.1 Å². The summed E-state index contributed by atoms with van der Waals surface area (Å²) < 4.78 is 6.37. The summed E-state index contributed by atoms with van der Waals surface area (Å²) in [6.45, 7) is 18.6. The van der Waals surface area contributed by atoms with Gasteiger partial charge in [-0.25, -0.2) is 0 Å². The van der Waals surface area contributed by atoms with Crippen molar-refractivity contribution in [2.24, 2.45) is 11.8 Å². The Morgan fingerprint density at radius 1 is 1.04 bits per heavy atom. The first kappa shape index (κ1) is 18.0. The van der Waals surface area contributed by atoms with Gasteiger partial charge in [-0.05, 0) is 52.3 Å². The second-order valence-corrected chi connectivity index (χ2v) is 8.08. The van der Waals surface area contributed by atoms with Gasteiger partial charge in [0.15, 0.2) is 0 Å². The van der Waals surface area contributed by atoms with E-state index in [1.54, 1.807) is 0 Å². The average molecular weight is 317 g/mol. The lowest BCUT2D eigenvalue weighted by atomic mass is 9.67. The zero-order valence-corrected chi connectivity index (χ0v) is 15.6. The summed E-state index contributed by atoms with van der Waals surface area (Å²) in [5.41, 5.74) is 1.48. The van der Waals surface area contributed by atoms with E-state index < -0.39 is 0 Å². The Morgan fingerprint density at radius 2 is 1.48 bits per heavy atom. The monoisotopic (exact) mass is 317 g/mol. The Balaban J connectivity index is 2.28. The molecule has 1 aliphatic heterocycles. The van der Waals surface area contributed by atoms with E-state index in [9.17, 15) is 5.21 Å². The van der Waals surface area contributed by atoms with Crippen LogP contribution in [0.25, 0.3) is 5.57 Å². The van der Waals surface area contributed by atoms with Gasteiger partial charge >= 0.3 is 0 Å². The van der Waals surface area contributed by atoms with Crippen molar-refractivity contribution in [3.63, 3.8) is 0 Å². The van der Waals surface area contributed by atoms with E-state index in [4.69, 9.17) is 4.74 Å². The van der Waals surface area contributed by atoms with Crippen LogP contribution in [-0.2, 0) is 0 Å². The Bertz CT molecular complexity index is 552. The van der Waals surface area contributed by atoms with Gasteiger partial charge in [-0.15, -0.1) is 0 Å². The van der Waals surface area contributed by atoms with Crippen LogP contribution in [0.3, 0.4) is 0 Å². The van der Waals surface area contributed by atoms with E-state index in [-0.39, 0.29) is 29.0 Å². The minimum atomic E-state index is -0.349. The minimum absolute atomic E-state index is 0.0408. The molecule has 2 atom stereocenters. The first-order valence-electron chi connectivity index (χ1n) is 8.41. The van der Waals surface area contributed by atoms with Gasteiger partial charge in [-0.3, -0.25) is 0 Å². The third kappa shape index (κ3) is 3.05. The van der Waals surface area contributed by atoms with Crippen LogP contribution in [-0.4, -0.2) is 27.5 Å². The van der Waals surface area contributed by atoms with E-state index in [0.717, 1.165) is 16.9 Å². The summed E-state index contributed by atoms with van der Waals surface area (Å²) in [6.07, 6.45) is 0.0408. The maximum Gasteiger partial charge on any atom is 0.119 e.